The maximum absolute atomic E-state index is 13.1. The standard InChI is InChI=1S/C24H25N3O3S/c28-23(16-30-19-5-2-1-3-6-19)26-13-17-11-18(15-26)22-9-8-21(24(29)27(22)14-17)25-12-20-7-4-10-31-20/h1-10,17-18,25H,11-16H2. The van der Waals surface area contributed by atoms with E-state index in [2.05, 4.69) is 11.4 Å². The number of fused-ring (bicyclic) bond motifs is 4. The van der Waals surface area contributed by atoms with Crippen molar-refractivity contribution < 1.29 is 9.53 Å². The van der Waals surface area contributed by atoms with Crippen molar-refractivity contribution in [1.82, 2.24) is 9.47 Å². The number of anilines is 1. The third kappa shape index (κ3) is 4.23. The van der Waals surface area contributed by atoms with Crippen LogP contribution in [0.15, 0.2) is 64.8 Å². The van der Waals surface area contributed by atoms with E-state index in [-0.39, 0.29) is 29.9 Å². The highest BCUT2D eigenvalue weighted by atomic mass is 32.1. The number of benzene rings is 1. The number of amides is 1. The Morgan fingerprint density at radius 2 is 1.94 bits per heavy atom. The number of nitrogens with one attached hydrogen (secondary N) is 1. The van der Waals surface area contributed by atoms with E-state index in [4.69, 9.17) is 4.74 Å². The number of carbonyl (C=O) groups is 1. The predicted octanol–water partition coefficient (Wildman–Crippen LogP) is 3.55. The van der Waals surface area contributed by atoms with Crippen molar-refractivity contribution in [2.45, 2.75) is 25.4 Å². The molecule has 5 rings (SSSR count). The molecule has 1 saturated heterocycles. The lowest BCUT2D eigenvalue weighted by Gasteiger charge is -2.42. The van der Waals surface area contributed by atoms with Gasteiger partial charge in [-0.3, -0.25) is 9.59 Å². The Hall–Kier alpha value is -3.06. The smallest absolute Gasteiger partial charge is 0.274 e. The van der Waals surface area contributed by atoms with Gasteiger partial charge in [-0.15, -0.1) is 11.3 Å². The molecule has 0 radical (unpaired) electrons. The number of nitrogens with zero attached hydrogens (tertiary/aromatic N) is 2. The molecule has 1 amide bonds. The monoisotopic (exact) mass is 435 g/mol. The maximum atomic E-state index is 13.1. The number of ether oxygens (including phenoxy) is 1. The summed E-state index contributed by atoms with van der Waals surface area (Å²) in [6.45, 7) is 2.66. The minimum Gasteiger partial charge on any atom is -0.484 e. The zero-order valence-electron chi connectivity index (χ0n) is 17.2. The Bertz CT molecular complexity index is 1110. The van der Waals surface area contributed by atoms with E-state index in [1.54, 1.807) is 11.3 Å². The normalized spacial score (nSPS) is 19.5. The van der Waals surface area contributed by atoms with E-state index < -0.39 is 0 Å². The van der Waals surface area contributed by atoms with E-state index >= 15 is 0 Å². The molecule has 2 atom stereocenters. The Morgan fingerprint density at radius 1 is 1.06 bits per heavy atom. The number of likely N-dealkylation sites (tertiary alicyclic amines) is 1. The first-order valence-corrected chi connectivity index (χ1v) is 11.5. The minimum atomic E-state index is 0.00332. The van der Waals surface area contributed by atoms with Crippen LogP contribution in [0.1, 0.15) is 22.9 Å². The molecule has 2 aromatic heterocycles. The van der Waals surface area contributed by atoms with E-state index in [9.17, 15) is 9.59 Å². The number of piperidine rings is 1. The van der Waals surface area contributed by atoms with E-state index in [1.165, 1.54) is 4.88 Å². The second kappa shape index (κ2) is 8.59. The molecule has 2 bridgehead atoms. The molecule has 6 nitrogen and oxygen atoms in total. The number of hydrogen-bond donors (Lipinski definition) is 1. The summed E-state index contributed by atoms with van der Waals surface area (Å²) in [6, 6.07) is 17.4. The molecule has 7 heteroatoms. The molecule has 0 saturated carbocycles. The summed E-state index contributed by atoms with van der Waals surface area (Å²) in [5, 5.41) is 5.32. The van der Waals surface area contributed by atoms with Crippen LogP contribution in [-0.2, 0) is 17.9 Å². The van der Waals surface area contributed by atoms with Gasteiger partial charge in [0.25, 0.3) is 11.5 Å². The number of aromatic nitrogens is 1. The van der Waals surface area contributed by atoms with Gasteiger partial charge in [-0.25, -0.2) is 0 Å². The Labute approximate surface area is 185 Å². The van der Waals surface area contributed by atoms with Crippen LogP contribution in [0, 0.1) is 5.92 Å². The second-order valence-electron chi connectivity index (χ2n) is 8.22. The van der Waals surface area contributed by atoms with Gasteiger partial charge in [0.15, 0.2) is 6.61 Å². The molecule has 1 N–H and O–H groups in total. The van der Waals surface area contributed by atoms with Crippen LogP contribution in [0.2, 0.25) is 0 Å². The third-order valence-corrected chi connectivity index (χ3v) is 6.97. The van der Waals surface area contributed by atoms with Crippen molar-refractivity contribution in [3.8, 4) is 5.75 Å². The van der Waals surface area contributed by atoms with Crippen molar-refractivity contribution in [3.63, 3.8) is 0 Å². The third-order valence-electron chi connectivity index (χ3n) is 6.10. The topological polar surface area (TPSA) is 63.6 Å². The fraction of sp³-hybridized carbons (Fsp3) is 0.333. The fourth-order valence-electron chi connectivity index (χ4n) is 4.63. The molecule has 2 aliphatic heterocycles. The summed E-state index contributed by atoms with van der Waals surface area (Å²) in [5.74, 6) is 1.18. The molecule has 3 aromatic rings. The van der Waals surface area contributed by atoms with Crippen LogP contribution in [0.3, 0.4) is 0 Å². The molecule has 1 aromatic carbocycles. The summed E-state index contributed by atoms with van der Waals surface area (Å²) in [7, 11) is 0. The Balaban J connectivity index is 1.27. The first kappa shape index (κ1) is 19.9. The number of para-hydroxylation sites is 1. The average Bonchev–Trinajstić information content (AvgIpc) is 3.32. The number of pyridine rings is 1. The SMILES string of the molecule is O=C(COc1ccccc1)N1CC2CC(C1)c1ccc(NCc3cccs3)c(=O)n1C2. The van der Waals surface area contributed by atoms with Gasteiger partial charge in [0.05, 0.1) is 0 Å². The van der Waals surface area contributed by atoms with Crippen LogP contribution in [-0.4, -0.2) is 35.1 Å². The molecule has 0 spiro atoms. The van der Waals surface area contributed by atoms with Crippen molar-refractivity contribution in [2.75, 3.05) is 25.0 Å². The summed E-state index contributed by atoms with van der Waals surface area (Å²) in [5.41, 5.74) is 1.71. The van der Waals surface area contributed by atoms with Crippen LogP contribution in [0.5, 0.6) is 5.75 Å². The van der Waals surface area contributed by atoms with Gasteiger partial charge in [0.1, 0.15) is 11.4 Å². The number of rotatable bonds is 6. The van der Waals surface area contributed by atoms with Gasteiger partial charge in [0, 0.05) is 42.7 Å². The van der Waals surface area contributed by atoms with E-state index in [0.29, 0.717) is 37.6 Å². The van der Waals surface area contributed by atoms with Gasteiger partial charge >= 0.3 is 0 Å². The van der Waals surface area contributed by atoms with Crippen LogP contribution in [0.25, 0.3) is 0 Å². The minimum absolute atomic E-state index is 0.00332. The first-order chi connectivity index (χ1) is 15.2. The molecule has 160 valence electrons. The van der Waals surface area contributed by atoms with Crippen LogP contribution >= 0.6 is 11.3 Å². The molecule has 2 unspecified atom stereocenters. The second-order valence-corrected chi connectivity index (χ2v) is 9.25. The lowest BCUT2D eigenvalue weighted by atomic mass is 9.83. The summed E-state index contributed by atoms with van der Waals surface area (Å²) in [6.07, 6.45) is 1.02. The van der Waals surface area contributed by atoms with Crippen molar-refractivity contribution >= 4 is 22.9 Å². The Morgan fingerprint density at radius 3 is 2.74 bits per heavy atom. The lowest BCUT2D eigenvalue weighted by molar-refractivity contribution is -0.136. The molecule has 4 heterocycles. The number of carbonyl (C=O) groups excluding carboxylic acids is 1. The van der Waals surface area contributed by atoms with Crippen molar-refractivity contribution in [1.29, 1.82) is 0 Å². The molecule has 1 fully saturated rings. The first-order valence-electron chi connectivity index (χ1n) is 10.6. The van der Waals surface area contributed by atoms with E-state index in [0.717, 1.165) is 12.1 Å². The zero-order valence-corrected chi connectivity index (χ0v) is 18.0. The highest BCUT2D eigenvalue weighted by molar-refractivity contribution is 7.09. The highest BCUT2D eigenvalue weighted by Crippen LogP contribution is 2.35. The largest absolute Gasteiger partial charge is 0.484 e. The Kier molecular flexibility index (Phi) is 5.51. The van der Waals surface area contributed by atoms with Crippen LogP contribution in [0.4, 0.5) is 5.69 Å². The van der Waals surface area contributed by atoms with Gasteiger partial charge in [-0.2, -0.15) is 0 Å². The van der Waals surface area contributed by atoms with Gasteiger partial charge in [-0.1, -0.05) is 24.3 Å². The molecular formula is C24H25N3O3S. The quantitative estimate of drug-likeness (QED) is 0.643. The maximum Gasteiger partial charge on any atom is 0.274 e. The fourth-order valence-corrected chi connectivity index (χ4v) is 5.28. The average molecular weight is 436 g/mol. The van der Waals surface area contributed by atoms with Crippen LogP contribution < -0.4 is 15.6 Å². The van der Waals surface area contributed by atoms with Crippen molar-refractivity contribution in [3.05, 3.63) is 80.9 Å². The number of thiophene rings is 1. The summed E-state index contributed by atoms with van der Waals surface area (Å²) >= 11 is 1.68. The molecule has 0 aliphatic carbocycles. The van der Waals surface area contributed by atoms with Crippen molar-refractivity contribution in [2.24, 2.45) is 5.92 Å². The molecule has 2 aliphatic rings. The lowest BCUT2D eigenvalue weighted by Crippen LogP contribution is -2.50. The molecule has 31 heavy (non-hydrogen) atoms. The number of hydrogen-bond acceptors (Lipinski definition) is 5. The molecular weight excluding hydrogens is 410 g/mol. The highest BCUT2D eigenvalue weighted by Gasteiger charge is 2.36. The van der Waals surface area contributed by atoms with Gasteiger partial charge in [0.2, 0.25) is 0 Å². The van der Waals surface area contributed by atoms with E-state index in [1.807, 2.05) is 63.4 Å². The van der Waals surface area contributed by atoms with Gasteiger partial charge in [-0.05, 0) is 48.1 Å². The zero-order chi connectivity index (χ0) is 21.2. The summed E-state index contributed by atoms with van der Waals surface area (Å²) < 4.78 is 7.57. The predicted molar refractivity (Wildman–Crippen MR) is 122 cm³/mol. The van der Waals surface area contributed by atoms with Gasteiger partial charge < -0.3 is 19.5 Å². The summed E-state index contributed by atoms with van der Waals surface area (Å²) in [4.78, 5) is 28.9.